The Kier molecular flexibility index (Phi) is 4.12. The zero-order valence-electron chi connectivity index (χ0n) is 12.3. The van der Waals surface area contributed by atoms with Gasteiger partial charge in [-0.1, -0.05) is 0 Å². The molecule has 0 spiro atoms. The minimum atomic E-state index is 0.329. The first-order valence-corrected chi connectivity index (χ1v) is 8.87. The zero-order chi connectivity index (χ0) is 14.8. The third-order valence-electron chi connectivity index (χ3n) is 3.29. The summed E-state index contributed by atoms with van der Waals surface area (Å²) in [6, 6.07) is 8.77. The van der Waals surface area contributed by atoms with Gasteiger partial charge in [-0.3, -0.25) is 9.67 Å². The van der Waals surface area contributed by atoms with E-state index in [-0.39, 0.29) is 0 Å². The molecule has 0 amide bonds. The molecule has 0 aliphatic rings. The molecule has 0 unspecified atom stereocenters. The van der Waals surface area contributed by atoms with Crippen LogP contribution in [0.15, 0.2) is 47.1 Å². The maximum Gasteiger partial charge on any atom is 0.0863 e. The average Bonchev–Trinajstić information content (AvgIpc) is 3.14. The molecule has 108 valence electrons. The fourth-order valence-electron chi connectivity index (χ4n) is 2.30. The van der Waals surface area contributed by atoms with E-state index >= 15 is 0 Å². The van der Waals surface area contributed by atoms with Gasteiger partial charge in [0.1, 0.15) is 0 Å². The van der Waals surface area contributed by atoms with Gasteiger partial charge in [0.25, 0.3) is 0 Å². The molecule has 0 radical (unpaired) electrons. The summed E-state index contributed by atoms with van der Waals surface area (Å²) in [5.74, 6) is 0. The predicted octanol–water partition coefficient (Wildman–Crippen LogP) is 4.98. The molecule has 0 bridgehead atoms. The third-order valence-corrected chi connectivity index (χ3v) is 5.47. The number of pyridine rings is 1. The quantitative estimate of drug-likeness (QED) is 0.636. The van der Waals surface area contributed by atoms with Crippen molar-refractivity contribution in [2.45, 2.75) is 24.1 Å². The second-order valence-corrected chi connectivity index (χ2v) is 7.19. The summed E-state index contributed by atoms with van der Waals surface area (Å²) in [7, 11) is 0. The molecule has 3 rings (SSSR count). The van der Waals surface area contributed by atoms with Gasteiger partial charge in [0.15, 0.2) is 0 Å². The van der Waals surface area contributed by atoms with Gasteiger partial charge in [0.2, 0.25) is 0 Å². The van der Waals surface area contributed by atoms with Crippen LogP contribution in [0.3, 0.4) is 0 Å². The van der Waals surface area contributed by atoms with Crippen molar-refractivity contribution in [3.8, 4) is 21.7 Å². The van der Waals surface area contributed by atoms with Crippen molar-refractivity contribution in [1.29, 1.82) is 0 Å². The predicted molar refractivity (Wildman–Crippen MR) is 90.9 cm³/mol. The maximum atomic E-state index is 4.60. The smallest absolute Gasteiger partial charge is 0.0863 e. The number of thiophene rings is 1. The van der Waals surface area contributed by atoms with E-state index in [0.29, 0.717) is 6.04 Å². The largest absolute Gasteiger partial charge is 0.265 e. The Morgan fingerprint density at radius 1 is 1.14 bits per heavy atom. The van der Waals surface area contributed by atoms with Crippen LogP contribution in [0, 0.1) is 0 Å². The first kappa shape index (κ1) is 14.4. The van der Waals surface area contributed by atoms with Gasteiger partial charge in [-0.2, -0.15) is 5.10 Å². The first-order valence-electron chi connectivity index (χ1n) is 6.83. The molecule has 21 heavy (non-hydrogen) atoms. The normalized spacial score (nSPS) is 11.2. The third kappa shape index (κ3) is 2.76. The highest BCUT2D eigenvalue weighted by atomic mass is 32.2. The zero-order valence-corrected chi connectivity index (χ0v) is 13.9. The molecular formula is C16H17N3S2. The maximum absolute atomic E-state index is 4.60. The van der Waals surface area contributed by atoms with Crippen LogP contribution in [0.5, 0.6) is 0 Å². The van der Waals surface area contributed by atoms with E-state index in [4.69, 9.17) is 0 Å². The summed E-state index contributed by atoms with van der Waals surface area (Å²) >= 11 is 3.60. The lowest BCUT2D eigenvalue weighted by Gasteiger charge is -2.11. The standard InChI is InChI=1S/C16H17N3S2/c1-11(2)19-16(14-4-5-15(20-3)21-14)13(10-18-19)12-6-8-17-9-7-12/h4-11H,1-3H3. The Labute approximate surface area is 133 Å². The monoisotopic (exact) mass is 315 g/mol. The van der Waals surface area contributed by atoms with Crippen LogP contribution in [0.4, 0.5) is 0 Å². The minimum absolute atomic E-state index is 0.329. The SMILES string of the molecule is CSc1ccc(-c2c(-c3ccncc3)cnn2C(C)C)s1. The number of aromatic nitrogens is 3. The molecule has 3 aromatic rings. The fourth-order valence-corrected chi connectivity index (χ4v) is 3.90. The van der Waals surface area contributed by atoms with Crippen LogP contribution in [0.2, 0.25) is 0 Å². The lowest BCUT2D eigenvalue weighted by atomic mass is 10.1. The van der Waals surface area contributed by atoms with Gasteiger partial charge in [0.05, 0.1) is 21.0 Å². The summed E-state index contributed by atoms with van der Waals surface area (Å²) in [6.45, 7) is 4.33. The van der Waals surface area contributed by atoms with E-state index in [9.17, 15) is 0 Å². The number of hydrogen-bond donors (Lipinski definition) is 0. The average molecular weight is 315 g/mol. The highest BCUT2D eigenvalue weighted by Gasteiger charge is 2.18. The second-order valence-electron chi connectivity index (χ2n) is 5.00. The first-order chi connectivity index (χ1) is 10.2. The molecule has 0 saturated heterocycles. The van der Waals surface area contributed by atoms with E-state index < -0.39 is 0 Å². The van der Waals surface area contributed by atoms with Crippen molar-refractivity contribution >= 4 is 23.1 Å². The van der Waals surface area contributed by atoms with Gasteiger partial charge < -0.3 is 0 Å². The Morgan fingerprint density at radius 3 is 2.52 bits per heavy atom. The summed E-state index contributed by atoms with van der Waals surface area (Å²) in [6.07, 6.45) is 7.73. The van der Waals surface area contributed by atoms with E-state index in [2.05, 4.69) is 47.0 Å². The Hall–Kier alpha value is -1.59. The van der Waals surface area contributed by atoms with Gasteiger partial charge in [-0.15, -0.1) is 23.1 Å². The molecule has 3 heterocycles. The van der Waals surface area contributed by atoms with Crippen molar-refractivity contribution in [2.24, 2.45) is 0 Å². The molecule has 0 N–H and O–H groups in total. The van der Waals surface area contributed by atoms with Crippen molar-refractivity contribution < 1.29 is 0 Å². The van der Waals surface area contributed by atoms with Gasteiger partial charge in [-0.05, 0) is 49.9 Å². The van der Waals surface area contributed by atoms with Crippen LogP contribution in [0.25, 0.3) is 21.7 Å². The molecule has 3 nitrogen and oxygen atoms in total. The summed E-state index contributed by atoms with van der Waals surface area (Å²) in [5, 5.41) is 4.60. The molecule has 0 aromatic carbocycles. The van der Waals surface area contributed by atoms with E-state index in [1.165, 1.54) is 20.3 Å². The topological polar surface area (TPSA) is 30.7 Å². The van der Waals surface area contributed by atoms with Gasteiger partial charge in [-0.25, -0.2) is 0 Å². The van der Waals surface area contributed by atoms with E-state index in [1.807, 2.05) is 42.1 Å². The molecule has 5 heteroatoms. The van der Waals surface area contributed by atoms with Gasteiger partial charge in [0, 0.05) is 24.0 Å². The lowest BCUT2D eigenvalue weighted by Crippen LogP contribution is -2.04. The van der Waals surface area contributed by atoms with E-state index in [0.717, 1.165) is 5.56 Å². The molecule has 0 saturated carbocycles. The molecule has 0 fully saturated rings. The summed E-state index contributed by atoms with van der Waals surface area (Å²) in [4.78, 5) is 5.37. The number of hydrogen-bond acceptors (Lipinski definition) is 4. The minimum Gasteiger partial charge on any atom is -0.265 e. The Balaban J connectivity index is 2.18. The lowest BCUT2D eigenvalue weighted by molar-refractivity contribution is 0.539. The van der Waals surface area contributed by atoms with Crippen molar-refractivity contribution in [2.75, 3.05) is 6.26 Å². The van der Waals surface area contributed by atoms with Crippen molar-refractivity contribution in [3.05, 3.63) is 42.9 Å². The van der Waals surface area contributed by atoms with Crippen molar-refractivity contribution in [3.63, 3.8) is 0 Å². The highest BCUT2D eigenvalue weighted by molar-refractivity contribution is 8.00. The number of thioether (sulfide) groups is 1. The van der Waals surface area contributed by atoms with Crippen molar-refractivity contribution in [1.82, 2.24) is 14.8 Å². The van der Waals surface area contributed by atoms with Crippen LogP contribution >= 0.6 is 23.1 Å². The van der Waals surface area contributed by atoms with Crippen LogP contribution < -0.4 is 0 Å². The fraction of sp³-hybridized carbons (Fsp3) is 0.250. The molecular weight excluding hydrogens is 298 g/mol. The summed E-state index contributed by atoms with van der Waals surface area (Å²) < 4.78 is 3.42. The summed E-state index contributed by atoms with van der Waals surface area (Å²) in [5.41, 5.74) is 3.52. The second kappa shape index (κ2) is 6.03. The number of nitrogens with zero attached hydrogens (tertiary/aromatic N) is 3. The molecule has 0 aliphatic heterocycles. The van der Waals surface area contributed by atoms with Crippen LogP contribution in [0.1, 0.15) is 19.9 Å². The Morgan fingerprint density at radius 2 is 1.90 bits per heavy atom. The number of rotatable bonds is 4. The molecule has 3 aromatic heterocycles. The van der Waals surface area contributed by atoms with Gasteiger partial charge >= 0.3 is 0 Å². The molecule has 0 aliphatic carbocycles. The van der Waals surface area contributed by atoms with Crippen LogP contribution in [-0.2, 0) is 0 Å². The molecule has 0 atom stereocenters. The Bertz CT molecular complexity index is 729. The van der Waals surface area contributed by atoms with E-state index in [1.54, 1.807) is 11.8 Å². The van der Waals surface area contributed by atoms with Crippen LogP contribution in [-0.4, -0.2) is 21.0 Å². The highest BCUT2D eigenvalue weighted by Crippen LogP contribution is 2.39.